The summed E-state index contributed by atoms with van der Waals surface area (Å²) in [7, 11) is 0. The molecule has 0 aromatic heterocycles. The van der Waals surface area contributed by atoms with E-state index in [0.29, 0.717) is 6.54 Å². The van der Waals surface area contributed by atoms with Gasteiger partial charge < -0.3 is 20.4 Å². The van der Waals surface area contributed by atoms with Gasteiger partial charge in [-0.2, -0.15) is 0 Å². The van der Waals surface area contributed by atoms with Crippen LogP contribution in [0.2, 0.25) is 0 Å². The molecule has 2 aliphatic rings. The van der Waals surface area contributed by atoms with Crippen LogP contribution >= 0.6 is 0 Å². The van der Waals surface area contributed by atoms with Gasteiger partial charge in [-0.15, -0.1) is 0 Å². The number of piperazine rings is 1. The van der Waals surface area contributed by atoms with Crippen LogP contribution in [0, 0.1) is 11.8 Å². The van der Waals surface area contributed by atoms with E-state index in [0.717, 1.165) is 57.6 Å². The summed E-state index contributed by atoms with van der Waals surface area (Å²) in [6.07, 6.45) is 2.70. The van der Waals surface area contributed by atoms with Crippen LogP contribution in [-0.4, -0.2) is 99.1 Å². The molecule has 2 fully saturated rings. The molecular weight excluding hydrogens is 326 g/mol. The summed E-state index contributed by atoms with van der Waals surface area (Å²) in [4.78, 5) is 19.5. The number of likely N-dealkylation sites (N-methyl/N-ethyl adjacent to an activating group) is 1. The Labute approximate surface area is 160 Å². The zero-order chi connectivity index (χ0) is 18.8. The largest absolute Gasteiger partial charge is 0.354 e. The van der Waals surface area contributed by atoms with Gasteiger partial charge in [-0.25, -0.2) is 0 Å². The normalized spacial score (nSPS) is 21.4. The Morgan fingerprint density at radius 1 is 0.962 bits per heavy atom. The fraction of sp³-hybridized carbons (Fsp3) is 0.950. The molecule has 2 N–H and O–H groups in total. The van der Waals surface area contributed by atoms with Crippen LogP contribution in [0.5, 0.6) is 0 Å². The lowest BCUT2D eigenvalue weighted by molar-refractivity contribution is -0.122. The van der Waals surface area contributed by atoms with Gasteiger partial charge in [0.25, 0.3) is 0 Å². The van der Waals surface area contributed by atoms with Gasteiger partial charge in [-0.3, -0.25) is 9.69 Å². The number of hydrogen-bond donors (Lipinski definition) is 2. The Balaban J connectivity index is 1.55. The third kappa shape index (κ3) is 8.33. The summed E-state index contributed by atoms with van der Waals surface area (Å²) in [5, 5.41) is 6.22. The maximum Gasteiger partial charge on any atom is 0.234 e. The molecule has 0 aliphatic carbocycles. The molecule has 6 heteroatoms. The lowest BCUT2D eigenvalue weighted by Crippen LogP contribution is -2.51. The SMILES string of the molecule is CCNCCNC(=O)CN1CCN(CC2CCN(CC(C)C)CC2)CC1. The minimum Gasteiger partial charge on any atom is -0.354 e. The second-order valence-electron chi connectivity index (χ2n) is 8.42. The van der Waals surface area contributed by atoms with Gasteiger partial charge in [-0.05, 0) is 44.3 Å². The molecule has 0 aromatic rings. The molecule has 26 heavy (non-hydrogen) atoms. The van der Waals surface area contributed by atoms with E-state index >= 15 is 0 Å². The van der Waals surface area contributed by atoms with Gasteiger partial charge in [-0.1, -0.05) is 20.8 Å². The minimum atomic E-state index is 0.161. The fourth-order valence-corrected chi connectivity index (χ4v) is 4.09. The first-order chi connectivity index (χ1) is 12.6. The number of piperidine rings is 1. The van der Waals surface area contributed by atoms with Crippen molar-refractivity contribution in [3.8, 4) is 0 Å². The average molecular weight is 368 g/mol. The number of hydrogen-bond acceptors (Lipinski definition) is 5. The predicted octanol–water partition coefficient (Wildman–Crippen LogP) is 0.698. The second-order valence-corrected chi connectivity index (χ2v) is 8.42. The lowest BCUT2D eigenvalue weighted by Gasteiger charge is -2.39. The summed E-state index contributed by atoms with van der Waals surface area (Å²) >= 11 is 0. The summed E-state index contributed by atoms with van der Waals surface area (Å²) in [6.45, 7) is 19.1. The summed E-state index contributed by atoms with van der Waals surface area (Å²) in [6, 6.07) is 0. The van der Waals surface area contributed by atoms with Gasteiger partial charge in [0.2, 0.25) is 5.91 Å². The van der Waals surface area contributed by atoms with Crippen LogP contribution in [0.3, 0.4) is 0 Å². The maximum absolute atomic E-state index is 12.0. The van der Waals surface area contributed by atoms with Crippen LogP contribution in [0.4, 0.5) is 0 Å². The first-order valence-electron chi connectivity index (χ1n) is 10.7. The number of likely N-dealkylation sites (tertiary alicyclic amines) is 1. The van der Waals surface area contributed by atoms with E-state index in [1.54, 1.807) is 0 Å². The Kier molecular flexibility index (Phi) is 9.89. The van der Waals surface area contributed by atoms with E-state index in [9.17, 15) is 4.79 Å². The molecule has 0 radical (unpaired) electrons. The molecule has 0 saturated carbocycles. The van der Waals surface area contributed by atoms with Crippen LogP contribution in [-0.2, 0) is 4.79 Å². The second kappa shape index (κ2) is 11.9. The highest BCUT2D eigenvalue weighted by Crippen LogP contribution is 2.20. The number of nitrogens with zero attached hydrogens (tertiary/aromatic N) is 3. The molecule has 0 bridgehead atoms. The van der Waals surface area contributed by atoms with E-state index in [1.165, 1.54) is 39.0 Å². The first kappa shape index (κ1) is 21.6. The van der Waals surface area contributed by atoms with Crippen molar-refractivity contribution < 1.29 is 4.79 Å². The monoisotopic (exact) mass is 367 g/mol. The lowest BCUT2D eigenvalue weighted by atomic mass is 9.95. The highest BCUT2D eigenvalue weighted by molar-refractivity contribution is 5.78. The third-order valence-electron chi connectivity index (χ3n) is 5.55. The maximum atomic E-state index is 12.0. The molecule has 1 amide bonds. The van der Waals surface area contributed by atoms with Crippen molar-refractivity contribution in [2.45, 2.75) is 33.6 Å². The number of amides is 1. The Morgan fingerprint density at radius 2 is 1.62 bits per heavy atom. The van der Waals surface area contributed by atoms with E-state index < -0.39 is 0 Å². The van der Waals surface area contributed by atoms with Crippen molar-refractivity contribution in [2.24, 2.45) is 11.8 Å². The predicted molar refractivity (Wildman–Crippen MR) is 108 cm³/mol. The van der Waals surface area contributed by atoms with Crippen molar-refractivity contribution in [1.82, 2.24) is 25.3 Å². The number of nitrogens with one attached hydrogen (secondary N) is 2. The van der Waals surface area contributed by atoms with E-state index in [1.807, 2.05) is 0 Å². The first-order valence-corrected chi connectivity index (χ1v) is 10.7. The van der Waals surface area contributed by atoms with Crippen molar-refractivity contribution in [2.75, 3.05) is 78.5 Å². The van der Waals surface area contributed by atoms with Crippen LogP contribution in [0.1, 0.15) is 33.6 Å². The third-order valence-corrected chi connectivity index (χ3v) is 5.55. The zero-order valence-corrected chi connectivity index (χ0v) is 17.3. The van der Waals surface area contributed by atoms with Crippen molar-refractivity contribution in [3.63, 3.8) is 0 Å². The van der Waals surface area contributed by atoms with Crippen molar-refractivity contribution in [3.05, 3.63) is 0 Å². The van der Waals surface area contributed by atoms with E-state index in [4.69, 9.17) is 0 Å². The van der Waals surface area contributed by atoms with E-state index in [2.05, 4.69) is 46.1 Å². The summed E-state index contributed by atoms with van der Waals surface area (Å²) in [5.41, 5.74) is 0. The highest BCUT2D eigenvalue weighted by Gasteiger charge is 2.24. The smallest absolute Gasteiger partial charge is 0.234 e. The zero-order valence-electron chi connectivity index (χ0n) is 17.3. The molecular formula is C20H41N5O. The highest BCUT2D eigenvalue weighted by atomic mass is 16.2. The molecule has 2 saturated heterocycles. The molecule has 0 unspecified atom stereocenters. The standard InChI is InChI=1S/C20H41N5O/c1-4-21-7-8-22-20(26)17-25-13-11-24(12-14-25)16-19-5-9-23(10-6-19)15-18(2)3/h18-19,21H,4-17H2,1-3H3,(H,22,26). The minimum absolute atomic E-state index is 0.161. The topological polar surface area (TPSA) is 50.9 Å². The van der Waals surface area contributed by atoms with Crippen LogP contribution < -0.4 is 10.6 Å². The molecule has 0 aromatic carbocycles. The fourth-order valence-electron chi connectivity index (χ4n) is 4.09. The van der Waals surface area contributed by atoms with Gasteiger partial charge in [0.15, 0.2) is 0 Å². The molecule has 6 nitrogen and oxygen atoms in total. The molecule has 2 rings (SSSR count). The molecule has 2 heterocycles. The molecule has 2 aliphatic heterocycles. The van der Waals surface area contributed by atoms with Gasteiger partial charge >= 0.3 is 0 Å². The Bertz CT molecular complexity index is 388. The van der Waals surface area contributed by atoms with Crippen molar-refractivity contribution >= 4 is 5.91 Å². The Morgan fingerprint density at radius 3 is 2.23 bits per heavy atom. The summed E-state index contributed by atoms with van der Waals surface area (Å²) < 4.78 is 0. The van der Waals surface area contributed by atoms with Gasteiger partial charge in [0, 0.05) is 52.4 Å². The molecule has 0 spiro atoms. The summed E-state index contributed by atoms with van der Waals surface area (Å²) in [5.74, 6) is 1.80. The number of carbonyl (C=O) groups is 1. The van der Waals surface area contributed by atoms with Crippen LogP contribution in [0.15, 0.2) is 0 Å². The number of carbonyl (C=O) groups excluding carboxylic acids is 1. The average Bonchev–Trinajstić information content (AvgIpc) is 2.62. The molecule has 0 atom stereocenters. The van der Waals surface area contributed by atoms with Crippen LogP contribution in [0.25, 0.3) is 0 Å². The molecule has 152 valence electrons. The van der Waals surface area contributed by atoms with Crippen molar-refractivity contribution in [1.29, 1.82) is 0 Å². The quantitative estimate of drug-likeness (QED) is 0.557. The van der Waals surface area contributed by atoms with E-state index in [-0.39, 0.29) is 5.91 Å². The van der Waals surface area contributed by atoms with Gasteiger partial charge in [0.05, 0.1) is 6.54 Å². The van der Waals surface area contributed by atoms with Gasteiger partial charge in [0.1, 0.15) is 0 Å². The Hall–Kier alpha value is -0.690. The number of rotatable bonds is 10.